The molecule has 2 rings (SSSR count). The van der Waals surface area contributed by atoms with E-state index in [4.69, 9.17) is 0 Å². The van der Waals surface area contributed by atoms with Crippen molar-refractivity contribution < 1.29 is 4.79 Å². The molecule has 1 aliphatic rings. The average Bonchev–Trinajstić information content (AvgIpc) is 2.48. The van der Waals surface area contributed by atoms with Crippen LogP contribution in [0.4, 0.5) is 0 Å². The number of aromatic amines is 1. The fourth-order valence-corrected chi connectivity index (χ4v) is 2.85. The van der Waals surface area contributed by atoms with Crippen LogP contribution in [0.15, 0.2) is 15.8 Å². The SMILES string of the molecule is CN(C)CCC1CCCCN1C(=O)c1cn(C)c(=O)[nH]c1=O. The molecule has 0 aliphatic carbocycles. The van der Waals surface area contributed by atoms with Crippen LogP contribution in [0, 0.1) is 0 Å². The van der Waals surface area contributed by atoms with Crippen molar-refractivity contribution in [3.63, 3.8) is 0 Å². The Labute approximate surface area is 129 Å². The monoisotopic (exact) mass is 308 g/mol. The normalized spacial score (nSPS) is 18.7. The van der Waals surface area contributed by atoms with Crippen LogP contribution in [0.5, 0.6) is 0 Å². The first kappa shape index (κ1) is 16.5. The summed E-state index contributed by atoms with van der Waals surface area (Å²) in [5.74, 6) is -0.277. The zero-order chi connectivity index (χ0) is 16.3. The molecule has 7 nitrogen and oxygen atoms in total. The van der Waals surface area contributed by atoms with Crippen molar-refractivity contribution in [3.05, 3.63) is 32.6 Å². The lowest BCUT2D eigenvalue weighted by atomic mass is 9.98. The summed E-state index contributed by atoms with van der Waals surface area (Å²) in [6.45, 7) is 1.57. The van der Waals surface area contributed by atoms with Crippen LogP contribution >= 0.6 is 0 Å². The number of hydrogen-bond acceptors (Lipinski definition) is 4. The maximum Gasteiger partial charge on any atom is 0.328 e. The van der Waals surface area contributed by atoms with Crippen LogP contribution in [0.1, 0.15) is 36.0 Å². The van der Waals surface area contributed by atoms with Gasteiger partial charge in [0.1, 0.15) is 5.56 Å². The van der Waals surface area contributed by atoms with Gasteiger partial charge in [-0.3, -0.25) is 14.6 Å². The molecular formula is C15H24N4O3. The molecule has 1 fully saturated rings. The maximum atomic E-state index is 12.7. The first-order valence-corrected chi connectivity index (χ1v) is 7.66. The Bertz CT molecular complexity index is 647. The van der Waals surface area contributed by atoms with Gasteiger partial charge in [-0.05, 0) is 46.3 Å². The van der Waals surface area contributed by atoms with Crippen LogP contribution in [0.2, 0.25) is 0 Å². The van der Waals surface area contributed by atoms with Crippen molar-refractivity contribution in [1.82, 2.24) is 19.4 Å². The number of piperidine rings is 1. The molecule has 0 spiro atoms. The molecule has 0 radical (unpaired) electrons. The Morgan fingerprint density at radius 2 is 2.09 bits per heavy atom. The molecule has 1 unspecified atom stereocenters. The van der Waals surface area contributed by atoms with Crippen LogP contribution in [-0.4, -0.2) is 58.5 Å². The summed E-state index contributed by atoms with van der Waals surface area (Å²) in [6.07, 6.45) is 5.24. The Balaban J connectivity index is 2.24. The fraction of sp³-hybridized carbons (Fsp3) is 0.667. The minimum absolute atomic E-state index is 0.0406. The second-order valence-corrected chi connectivity index (χ2v) is 6.15. The van der Waals surface area contributed by atoms with E-state index in [2.05, 4.69) is 9.88 Å². The van der Waals surface area contributed by atoms with Gasteiger partial charge in [0.15, 0.2) is 0 Å². The molecule has 0 aromatic carbocycles. The molecule has 0 saturated carbocycles. The lowest BCUT2D eigenvalue weighted by Crippen LogP contribution is -2.47. The van der Waals surface area contributed by atoms with E-state index in [0.717, 1.165) is 32.2 Å². The number of carbonyl (C=O) groups is 1. The highest BCUT2D eigenvalue weighted by Crippen LogP contribution is 2.21. The number of rotatable bonds is 4. The van der Waals surface area contributed by atoms with Crippen LogP contribution < -0.4 is 11.2 Å². The second-order valence-electron chi connectivity index (χ2n) is 6.15. The molecule has 1 amide bonds. The van der Waals surface area contributed by atoms with Crippen molar-refractivity contribution >= 4 is 5.91 Å². The zero-order valence-corrected chi connectivity index (χ0v) is 13.5. The van der Waals surface area contributed by atoms with Gasteiger partial charge >= 0.3 is 5.69 Å². The third kappa shape index (κ3) is 3.65. The molecule has 1 atom stereocenters. The molecule has 7 heteroatoms. The molecule has 1 saturated heterocycles. The molecule has 22 heavy (non-hydrogen) atoms. The topological polar surface area (TPSA) is 78.4 Å². The molecule has 1 aromatic rings. The van der Waals surface area contributed by atoms with Crippen LogP contribution in [-0.2, 0) is 7.05 Å². The van der Waals surface area contributed by atoms with Crippen molar-refractivity contribution in [2.75, 3.05) is 27.2 Å². The number of amides is 1. The number of carbonyl (C=O) groups excluding carboxylic acids is 1. The van der Waals surface area contributed by atoms with Gasteiger partial charge < -0.3 is 14.4 Å². The summed E-state index contributed by atoms with van der Waals surface area (Å²) in [5.41, 5.74) is -1.08. The molecule has 122 valence electrons. The lowest BCUT2D eigenvalue weighted by Gasteiger charge is -2.36. The summed E-state index contributed by atoms with van der Waals surface area (Å²) in [4.78, 5) is 42.1. The van der Waals surface area contributed by atoms with E-state index in [-0.39, 0.29) is 17.5 Å². The summed E-state index contributed by atoms with van der Waals surface area (Å²) in [5, 5.41) is 0. The highest BCUT2D eigenvalue weighted by Gasteiger charge is 2.29. The first-order valence-electron chi connectivity index (χ1n) is 7.66. The van der Waals surface area contributed by atoms with Crippen molar-refractivity contribution in [1.29, 1.82) is 0 Å². The van der Waals surface area contributed by atoms with Gasteiger partial charge in [0, 0.05) is 25.8 Å². The quantitative estimate of drug-likeness (QED) is 0.850. The van der Waals surface area contributed by atoms with Gasteiger partial charge in [-0.1, -0.05) is 0 Å². The van der Waals surface area contributed by atoms with Gasteiger partial charge in [-0.15, -0.1) is 0 Å². The standard InChI is InChI=1S/C15H24N4O3/c1-17(2)9-7-11-6-4-5-8-19(11)14(21)12-10-18(3)15(22)16-13(12)20/h10-11H,4-9H2,1-3H3,(H,16,20,22). The fourth-order valence-electron chi connectivity index (χ4n) is 2.85. The van der Waals surface area contributed by atoms with Crippen molar-refractivity contribution in [2.45, 2.75) is 31.7 Å². The number of hydrogen-bond donors (Lipinski definition) is 1. The Hall–Kier alpha value is -1.89. The Kier molecular flexibility index (Phi) is 5.18. The molecule has 1 aromatic heterocycles. The zero-order valence-electron chi connectivity index (χ0n) is 13.5. The van der Waals surface area contributed by atoms with Crippen LogP contribution in [0.25, 0.3) is 0 Å². The summed E-state index contributed by atoms with van der Waals surface area (Å²) in [6, 6.07) is 0.153. The van der Waals surface area contributed by atoms with E-state index < -0.39 is 11.2 Å². The van der Waals surface area contributed by atoms with Gasteiger partial charge in [0.05, 0.1) is 0 Å². The predicted molar refractivity (Wildman–Crippen MR) is 84.2 cm³/mol. The van der Waals surface area contributed by atoms with E-state index in [1.165, 1.54) is 17.8 Å². The molecule has 0 bridgehead atoms. The molecule has 1 N–H and O–H groups in total. The summed E-state index contributed by atoms with van der Waals surface area (Å²) >= 11 is 0. The first-order chi connectivity index (χ1) is 10.4. The van der Waals surface area contributed by atoms with Gasteiger partial charge in [0.25, 0.3) is 11.5 Å². The smallest absolute Gasteiger partial charge is 0.328 e. The number of nitrogens with zero attached hydrogens (tertiary/aromatic N) is 3. The molecule has 1 aliphatic heterocycles. The number of H-pyrrole nitrogens is 1. The molecule has 2 heterocycles. The minimum atomic E-state index is -0.606. The molecular weight excluding hydrogens is 284 g/mol. The van der Waals surface area contributed by atoms with E-state index >= 15 is 0 Å². The second kappa shape index (κ2) is 6.91. The van der Waals surface area contributed by atoms with E-state index in [0.29, 0.717) is 6.54 Å². The van der Waals surface area contributed by atoms with Gasteiger partial charge in [-0.2, -0.15) is 0 Å². The minimum Gasteiger partial charge on any atom is -0.335 e. The van der Waals surface area contributed by atoms with E-state index in [9.17, 15) is 14.4 Å². The lowest BCUT2D eigenvalue weighted by molar-refractivity contribution is 0.0588. The highest BCUT2D eigenvalue weighted by atomic mass is 16.2. The number of nitrogens with one attached hydrogen (secondary N) is 1. The highest BCUT2D eigenvalue weighted by molar-refractivity contribution is 5.93. The van der Waals surface area contributed by atoms with Crippen LogP contribution in [0.3, 0.4) is 0 Å². The maximum absolute atomic E-state index is 12.7. The number of aryl methyl sites for hydroxylation is 1. The Morgan fingerprint density at radius 1 is 1.36 bits per heavy atom. The van der Waals surface area contributed by atoms with Gasteiger partial charge in [-0.25, -0.2) is 4.79 Å². The number of aromatic nitrogens is 2. The summed E-state index contributed by atoms with van der Waals surface area (Å²) < 4.78 is 1.23. The third-order valence-corrected chi connectivity index (χ3v) is 4.14. The van der Waals surface area contributed by atoms with Crippen molar-refractivity contribution in [2.24, 2.45) is 7.05 Å². The third-order valence-electron chi connectivity index (χ3n) is 4.14. The Morgan fingerprint density at radius 3 is 2.77 bits per heavy atom. The van der Waals surface area contributed by atoms with Gasteiger partial charge in [0.2, 0.25) is 0 Å². The number of likely N-dealkylation sites (tertiary alicyclic amines) is 1. The van der Waals surface area contributed by atoms with Crippen molar-refractivity contribution in [3.8, 4) is 0 Å². The average molecular weight is 308 g/mol. The predicted octanol–water partition coefficient (Wildman–Crippen LogP) is 0.0200. The van der Waals surface area contributed by atoms with E-state index in [1.807, 2.05) is 14.1 Å². The largest absolute Gasteiger partial charge is 0.335 e. The van der Waals surface area contributed by atoms with E-state index in [1.54, 1.807) is 4.90 Å². The summed E-state index contributed by atoms with van der Waals surface area (Å²) in [7, 11) is 5.54.